The van der Waals surface area contributed by atoms with E-state index in [1.807, 2.05) is 11.8 Å². The maximum Gasteiger partial charge on any atom is 0.157 e. The van der Waals surface area contributed by atoms with Crippen LogP contribution in [-0.2, 0) is 0 Å². The predicted octanol–water partition coefficient (Wildman–Crippen LogP) is 5.15. The summed E-state index contributed by atoms with van der Waals surface area (Å²) in [5.74, 6) is 2.03. The topological polar surface area (TPSA) is 24.4 Å². The minimum absolute atomic E-state index is 0.212. The molecular formula is C17H23BrN2S. The highest BCUT2D eigenvalue weighted by molar-refractivity contribution is 9.10. The van der Waals surface area contributed by atoms with E-state index in [2.05, 4.69) is 59.4 Å². The van der Waals surface area contributed by atoms with Gasteiger partial charge in [-0.05, 0) is 43.4 Å². The summed E-state index contributed by atoms with van der Waals surface area (Å²) in [4.78, 5) is 4.90. The average Bonchev–Trinajstić information content (AvgIpc) is 2.81. The summed E-state index contributed by atoms with van der Waals surface area (Å²) in [5.41, 5.74) is 1.59. The molecule has 1 heterocycles. The number of thioether (sulfide) groups is 1. The van der Waals surface area contributed by atoms with Gasteiger partial charge in [0, 0.05) is 15.8 Å². The van der Waals surface area contributed by atoms with E-state index >= 15 is 0 Å². The van der Waals surface area contributed by atoms with Crippen molar-refractivity contribution >= 4 is 32.9 Å². The number of benzene rings is 1. The fourth-order valence-electron chi connectivity index (χ4n) is 3.47. The second kappa shape index (κ2) is 6.33. The summed E-state index contributed by atoms with van der Waals surface area (Å²) in [5, 5.41) is 4.89. The van der Waals surface area contributed by atoms with Gasteiger partial charge in [-0.25, -0.2) is 0 Å². The molecule has 21 heavy (non-hydrogen) atoms. The van der Waals surface area contributed by atoms with Crippen LogP contribution >= 0.6 is 27.7 Å². The molecule has 3 rings (SSSR count). The van der Waals surface area contributed by atoms with Gasteiger partial charge in [0.05, 0.1) is 6.04 Å². The third-order valence-corrected chi connectivity index (χ3v) is 6.32. The molecule has 1 aromatic rings. The van der Waals surface area contributed by atoms with Crippen molar-refractivity contribution in [1.82, 2.24) is 5.32 Å². The SMILES string of the molecule is CC1CCCC2(CSC(=NC(C)c3ccc(Br)cc3)N2)C1. The monoisotopic (exact) mass is 366 g/mol. The maximum atomic E-state index is 4.90. The van der Waals surface area contributed by atoms with Crippen LogP contribution in [0.1, 0.15) is 51.1 Å². The van der Waals surface area contributed by atoms with Crippen molar-refractivity contribution in [3.63, 3.8) is 0 Å². The molecule has 1 N–H and O–H groups in total. The first-order valence-electron chi connectivity index (χ1n) is 7.81. The molecule has 1 aliphatic carbocycles. The Morgan fingerprint density at radius 3 is 2.86 bits per heavy atom. The van der Waals surface area contributed by atoms with Crippen molar-refractivity contribution in [2.45, 2.75) is 51.1 Å². The van der Waals surface area contributed by atoms with E-state index in [1.165, 1.54) is 37.0 Å². The molecule has 1 aromatic carbocycles. The van der Waals surface area contributed by atoms with Crippen LogP contribution in [-0.4, -0.2) is 16.5 Å². The van der Waals surface area contributed by atoms with Crippen LogP contribution in [0.3, 0.4) is 0 Å². The summed E-state index contributed by atoms with van der Waals surface area (Å²) in [6.07, 6.45) is 5.34. The van der Waals surface area contributed by atoms with Gasteiger partial charge in [0.25, 0.3) is 0 Å². The lowest BCUT2D eigenvalue weighted by molar-refractivity contribution is 0.242. The fourth-order valence-corrected chi connectivity index (χ4v) is 5.00. The summed E-state index contributed by atoms with van der Waals surface area (Å²) in [7, 11) is 0. The van der Waals surface area contributed by atoms with Crippen LogP contribution < -0.4 is 5.32 Å². The van der Waals surface area contributed by atoms with Crippen LogP contribution in [0.5, 0.6) is 0 Å². The molecule has 0 aromatic heterocycles. The normalized spacial score (nSPS) is 32.3. The van der Waals surface area contributed by atoms with Crippen molar-refractivity contribution < 1.29 is 0 Å². The molecule has 1 spiro atoms. The number of hydrogen-bond acceptors (Lipinski definition) is 2. The molecule has 1 aliphatic heterocycles. The average molecular weight is 367 g/mol. The van der Waals surface area contributed by atoms with E-state index in [0.29, 0.717) is 5.54 Å². The van der Waals surface area contributed by atoms with E-state index in [0.717, 1.165) is 15.6 Å². The van der Waals surface area contributed by atoms with Crippen LogP contribution in [0, 0.1) is 5.92 Å². The minimum Gasteiger partial charge on any atom is -0.359 e. The molecule has 2 fully saturated rings. The highest BCUT2D eigenvalue weighted by Crippen LogP contribution is 2.39. The summed E-state index contributed by atoms with van der Waals surface area (Å²) in [6.45, 7) is 4.56. The molecule has 4 heteroatoms. The van der Waals surface area contributed by atoms with Crippen molar-refractivity contribution in [2.75, 3.05) is 5.75 Å². The largest absolute Gasteiger partial charge is 0.359 e. The first-order chi connectivity index (χ1) is 10.1. The Morgan fingerprint density at radius 2 is 2.14 bits per heavy atom. The molecular weight excluding hydrogens is 344 g/mol. The van der Waals surface area contributed by atoms with Crippen LogP contribution in [0.25, 0.3) is 0 Å². The molecule has 3 atom stereocenters. The highest BCUT2D eigenvalue weighted by atomic mass is 79.9. The molecule has 1 saturated heterocycles. The number of aliphatic imine (C=N–C) groups is 1. The van der Waals surface area contributed by atoms with E-state index in [1.54, 1.807) is 0 Å². The zero-order valence-electron chi connectivity index (χ0n) is 12.7. The van der Waals surface area contributed by atoms with Crippen molar-refractivity contribution in [3.05, 3.63) is 34.3 Å². The lowest BCUT2D eigenvalue weighted by Crippen LogP contribution is -2.47. The van der Waals surface area contributed by atoms with E-state index < -0.39 is 0 Å². The van der Waals surface area contributed by atoms with Crippen molar-refractivity contribution in [3.8, 4) is 0 Å². The Bertz CT molecular complexity index is 528. The van der Waals surface area contributed by atoms with Gasteiger partial charge in [0.15, 0.2) is 5.17 Å². The van der Waals surface area contributed by atoms with E-state index in [4.69, 9.17) is 4.99 Å². The Morgan fingerprint density at radius 1 is 1.38 bits per heavy atom. The Labute approximate surface area is 140 Å². The van der Waals surface area contributed by atoms with Crippen LogP contribution in [0.4, 0.5) is 0 Å². The van der Waals surface area contributed by atoms with Gasteiger partial charge in [0.1, 0.15) is 0 Å². The number of hydrogen-bond donors (Lipinski definition) is 1. The quantitative estimate of drug-likeness (QED) is 0.782. The second-order valence-electron chi connectivity index (χ2n) is 6.56. The first-order valence-corrected chi connectivity index (χ1v) is 9.58. The molecule has 0 amide bonds. The number of nitrogens with one attached hydrogen (secondary N) is 1. The third kappa shape index (κ3) is 3.65. The molecule has 2 nitrogen and oxygen atoms in total. The molecule has 2 aliphatic rings. The zero-order chi connectivity index (χ0) is 14.9. The standard InChI is InChI=1S/C17H23BrN2S/c1-12-4-3-9-17(10-12)11-21-16(20-17)19-13(2)14-5-7-15(18)8-6-14/h5-8,12-13H,3-4,9-11H2,1-2H3,(H,19,20). The van der Waals surface area contributed by atoms with Crippen molar-refractivity contribution in [1.29, 1.82) is 0 Å². The lowest BCUT2D eigenvalue weighted by atomic mass is 9.78. The van der Waals surface area contributed by atoms with Gasteiger partial charge < -0.3 is 5.32 Å². The number of rotatable bonds is 2. The van der Waals surface area contributed by atoms with Gasteiger partial charge >= 0.3 is 0 Å². The molecule has 3 unspecified atom stereocenters. The highest BCUT2D eigenvalue weighted by Gasteiger charge is 2.40. The van der Waals surface area contributed by atoms with Crippen LogP contribution in [0.2, 0.25) is 0 Å². The van der Waals surface area contributed by atoms with Gasteiger partial charge in [-0.1, -0.05) is 59.6 Å². The minimum atomic E-state index is 0.212. The smallest absolute Gasteiger partial charge is 0.157 e. The Balaban J connectivity index is 1.69. The van der Waals surface area contributed by atoms with Gasteiger partial charge in [-0.3, -0.25) is 4.99 Å². The number of nitrogens with zero attached hydrogens (tertiary/aromatic N) is 1. The predicted molar refractivity (Wildman–Crippen MR) is 95.9 cm³/mol. The summed E-state index contributed by atoms with van der Waals surface area (Å²) >= 11 is 5.39. The molecule has 0 bridgehead atoms. The zero-order valence-corrected chi connectivity index (χ0v) is 15.1. The lowest BCUT2D eigenvalue weighted by Gasteiger charge is -2.36. The Kier molecular flexibility index (Phi) is 4.65. The Hall–Kier alpha value is -0.480. The fraction of sp³-hybridized carbons (Fsp3) is 0.588. The summed E-state index contributed by atoms with van der Waals surface area (Å²) in [6, 6.07) is 8.69. The molecule has 1 saturated carbocycles. The molecule has 0 radical (unpaired) electrons. The van der Waals surface area contributed by atoms with E-state index in [9.17, 15) is 0 Å². The van der Waals surface area contributed by atoms with Crippen molar-refractivity contribution in [2.24, 2.45) is 10.9 Å². The van der Waals surface area contributed by atoms with E-state index in [-0.39, 0.29) is 6.04 Å². The first kappa shape index (κ1) is 15.4. The summed E-state index contributed by atoms with van der Waals surface area (Å²) < 4.78 is 1.12. The van der Waals surface area contributed by atoms with Crippen LogP contribution in [0.15, 0.2) is 33.7 Å². The number of halogens is 1. The van der Waals surface area contributed by atoms with Gasteiger partial charge in [0.2, 0.25) is 0 Å². The second-order valence-corrected chi connectivity index (χ2v) is 8.44. The van der Waals surface area contributed by atoms with Gasteiger partial charge in [-0.15, -0.1) is 0 Å². The third-order valence-electron chi connectivity index (χ3n) is 4.61. The maximum absolute atomic E-state index is 4.90. The molecule has 114 valence electrons. The van der Waals surface area contributed by atoms with Gasteiger partial charge in [-0.2, -0.15) is 0 Å². The number of amidine groups is 1.